The summed E-state index contributed by atoms with van der Waals surface area (Å²) < 4.78 is 1.88. The Morgan fingerprint density at radius 1 is 1.44 bits per heavy atom. The van der Waals surface area contributed by atoms with E-state index in [2.05, 4.69) is 10.3 Å². The molecule has 0 bridgehead atoms. The van der Waals surface area contributed by atoms with Crippen LogP contribution in [0.3, 0.4) is 0 Å². The van der Waals surface area contributed by atoms with Crippen molar-refractivity contribution in [2.24, 2.45) is 0 Å². The number of imidazole rings is 1. The standard InChI is InChI=1S/C13H18N4O/c1-2-8-15-12(18)7-9-17-11-6-4-3-5-10(11)16-13(17)14/h3-6H,2,7-9H2,1H3,(H2,14,16)(H,15,18). The van der Waals surface area contributed by atoms with Crippen LogP contribution in [0.5, 0.6) is 0 Å². The maximum Gasteiger partial charge on any atom is 0.221 e. The van der Waals surface area contributed by atoms with Gasteiger partial charge in [0.1, 0.15) is 0 Å². The lowest BCUT2D eigenvalue weighted by Gasteiger charge is -2.06. The summed E-state index contributed by atoms with van der Waals surface area (Å²) in [6.45, 7) is 3.31. The number of nitrogens with two attached hydrogens (primary N) is 1. The molecule has 1 heterocycles. The van der Waals surface area contributed by atoms with Gasteiger partial charge in [0.15, 0.2) is 0 Å². The van der Waals surface area contributed by atoms with Gasteiger partial charge in [-0.1, -0.05) is 19.1 Å². The molecule has 2 rings (SSSR count). The van der Waals surface area contributed by atoms with E-state index in [4.69, 9.17) is 5.73 Å². The van der Waals surface area contributed by atoms with Crippen molar-refractivity contribution in [2.45, 2.75) is 26.3 Å². The summed E-state index contributed by atoms with van der Waals surface area (Å²) in [5, 5.41) is 2.85. The van der Waals surface area contributed by atoms with Crippen LogP contribution in [-0.2, 0) is 11.3 Å². The number of aromatic nitrogens is 2. The van der Waals surface area contributed by atoms with E-state index in [9.17, 15) is 4.79 Å². The lowest BCUT2D eigenvalue weighted by Crippen LogP contribution is -2.25. The summed E-state index contributed by atoms with van der Waals surface area (Å²) in [5.41, 5.74) is 7.70. The van der Waals surface area contributed by atoms with Crippen molar-refractivity contribution >= 4 is 22.9 Å². The zero-order chi connectivity index (χ0) is 13.0. The minimum Gasteiger partial charge on any atom is -0.369 e. The van der Waals surface area contributed by atoms with Crippen molar-refractivity contribution in [1.82, 2.24) is 14.9 Å². The van der Waals surface area contributed by atoms with Crippen LogP contribution in [0.15, 0.2) is 24.3 Å². The molecule has 0 saturated carbocycles. The fraction of sp³-hybridized carbons (Fsp3) is 0.385. The Balaban J connectivity index is 2.07. The third-order valence-electron chi connectivity index (χ3n) is 2.82. The molecule has 0 aliphatic heterocycles. The maximum atomic E-state index is 11.6. The summed E-state index contributed by atoms with van der Waals surface area (Å²) in [6.07, 6.45) is 1.37. The predicted molar refractivity (Wildman–Crippen MR) is 72.1 cm³/mol. The van der Waals surface area contributed by atoms with E-state index < -0.39 is 0 Å². The van der Waals surface area contributed by atoms with E-state index in [1.165, 1.54) is 0 Å². The molecule has 96 valence electrons. The van der Waals surface area contributed by atoms with Gasteiger partial charge in [-0.15, -0.1) is 0 Å². The first-order valence-electron chi connectivity index (χ1n) is 6.20. The summed E-state index contributed by atoms with van der Waals surface area (Å²) in [7, 11) is 0. The first-order valence-corrected chi connectivity index (χ1v) is 6.20. The lowest BCUT2D eigenvalue weighted by molar-refractivity contribution is -0.121. The third-order valence-corrected chi connectivity index (χ3v) is 2.82. The monoisotopic (exact) mass is 246 g/mol. The smallest absolute Gasteiger partial charge is 0.221 e. The first kappa shape index (κ1) is 12.4. The number of amides is 1. The fourth-order valence-corrected chi connectivity index (χ4v) is 1.90. The minimum atomic E-state index is 0.0500. The van der Waals surface area contributed by atoms with Crippen molar-refractivity contribution in [3.05, 3.63) is 24.3 Å². The molecule has 0 unspecified atom stereocenters. The molecule has 5 nitrogen and oxygen atoms in total. The topological polar surface area (TPSA) is 72.9 Å². The van der Waals surface area contributed by atoms with Gasteiger partial charge in [0.25, 0.3) is 0 Å². The Morgan fingerprint density at radius 2 is 2.22 bits per heavy atom. The summed E-state index contributed by atoms with van der Waals surface area (Å²) in [4.78, 5) is 15.8. The second kappa shape index (κ2) is 5.53. The van der Waals surface area contributed by atoms with Crippen LogP contribution in [-0.4, -0.2) is 22.0 Å². The number of aryl methyl sites for hydroxylation is 1. The van der Waals surface area contributed by atoms with E-state index >= 15 is 0 Å². The molecule has 0 aliphatic carbocycles. The second-order valence-corrected chi connectivity index (χ2v) is 4.21. The molecule has 0 saturated heterocycles. The molecule has 2 aromatic rings. The molecule has 0 aliphatic rings. The van der Waals surface area contributed by atoms with Crippen LogP contribution in [0.4, 0.5) is 5.95 Å². The summed E-state index contributed by atoms with van der Waals surface area (Å²) in [6, 6.07) is 7.74. The number of carbonyl (C=O) groups excluding carboxylic acids is 1. The van der Waals surface area contributed by atoms with Crippen LogP contribution >= 0.6 is 0 Å². The average molecular weight is 246 g/mol. The van der Waals surface area contributed by atoms with E-state index in [0.29, 0.717) is 18.9 Å². The van der Waals surface area contributed by atoms with Gasteiger partial charge >= 0.3 is 0 Å². The number of nitrogens with one attached hydrogen (secondary N) is 1. The van der Waals surface area contributed by atoms with Crippen molar-refractivity contribution in [2.75, 3.05) is 12.3 Å². The highest BCUT2D eigenvalue weighted by Crippen LogP contribution is 2.17. The number of anilines is 1. The second-order valence-electron chi connectivity index (χ2n) is 4.21. The van der Waals surface area contributed by atoms with E-state index in [-0.39, 0.29) is 5.91 Å². The molecule has 0 fully saturated rings. The predicted octanol–water partition coefficient (Wildman–Crippen LogP) is 1.53. The number of nitrogen functional groups attached to an aromatic ring is 1. The SMILES string of the molecule is CCCNC(=O)CCn1c(N)nc2ccccc21. The Hall–Kier alpha value is -2.04. The van der Waals surface area contributed by atoms with Crippen LogP contribution < -0.4 is 11.1 Å². The number of fused-ring (bicyclic) bond motifs is 1. The Bertz CT molecular complexity index is 547. The normalized spacial score (nSPS) is 10.7. The molecule has 18 heavy (non-hydrogen) atoms. The molecule has 5 heteroatoms. The molecule has 0 radical (unpaired) electrons. The van der Waals surface area contributed by atoms with Gasteiger partial charge in [-0.2, -0.15) is 0 Å². The van der Waals surface area contributed by atoms with Crippen LogP contribution in [0.25, 0.3) is 11.0 Å². The van der Waals surface area contributed by atoms with Crippen molar-refractivity contribution in [3.8, 4) is 0 Å². The Kier molecular flexibility index (Phi) is 3.82. The maximum absolute atomic E-state index is 11.6. The van der Waals surface area contributed by atoms with Crippen LogP contribution in [0, 0.1) is 0 Å². The molecule has 0 atom stereocenters. The average Bonchev–Trinajstić information content (AvgIpc) is 2.69. The number of carbonyl (C=O) groups is 1. The van der Waals surface area contributed by atoms with E-state index in [1.54, 1.807) is 0 Å². The highest BCUT2D eigenvalue weighted by atomic mass is 16.1. The van der Waals surface area contributed by atoms with Crippen LogP contribution in [0.2, 0.25) is 0 Å². The molecule has 1 aromatic heterocycles. The quantitative estimate of drug-likeness (QED) is 0.840. The first-order chi connectivity index (χ1) is 8.72. The molecular weight excluding hydrogens is 228 g/mol. The molecule has 1 aromatic carbocycles. The van der Waals surface area contributed by atoms with Gasteiger partial charge < -0.3 is 15.6 Å². The largest absolute Gasteiger partial charge is 0.369 e. The summed E-state index contributed by atoms with van der Waals surface area (Å²) in [5.74, 6) is 0.508. The van der Waals surface area contributed by atoms with Gasteiger partial charge in [0.2, 0.25) is 11.9 Å². The van der Waals surface area contributed by atoms with Crippen molar-refractivity contribution < 1.29 is 4.79 Å². The zero-order valence-electron chi connectivity index (χ0n) is 10.5. The van der Waals surface area contributed by atoms with E-state index in [0.717, 1.165) is 24.0 Å². The number of nitrogens with zero attached hydrogens (tertiary/aromatic N) is 2. The van der Waals surface area contributed by atoms with Gasteiger partial charge in [-0.25, -0.2) is 4.98 Å². The van der Waals surface area contributed by atoms with Crippen LogP contribution in [0.1, 0.15) is 19.8 Å². The summed E-state index contributed by atoms with van der Waals surface area (Å²) >= 11 is 0. The minimum absolute atomic E-state index is 0.0500. The number of rotatable bonds is 5. The van der Waals surface area contributed by atoms with E-state index in [1.807, 2.05) is 35.8 Å². The highest BCUT2D eigenvalue weighted by Gasteiger charge is 2.08. The number of benzene rings is 1. The number of hydrogen-bond donors (Lipinski definition) is 2. The van der Waals surface area contributed by atoms with Gasteiger partial charge in [-0.05, 0) is 18.6 Å². The van der Waals surface area contributed by atoms with Gasteiger partial charge in [0, 0.05) is 19.5 Å². The fourth-order valence-electron chi connectivity index (χ4n) is 1.90. The molecule has 0 spiro atoms. The highest BCUT2D eigenvalue weighted by molar-refractivity contribution is 5.79. The van der Waals surface area contributed by atoms with Gasteiger partial charge in [-0.3, -0.25) is 4.79 Å². The molecule has 1 amide bonds. The van der Waals surface area contributed by atoms with Crippen molar-refractivity contribution in [1.29, 1.82) is 0 Å². The number of para-hydroxylation sites is 2. The molecule has 3 N–H and O–H groups in total. The Morgan fingerprint density at radius 3 is 3.00 bits per heavy atom. The van der Waals surface area contributed by atoms with Crippen molar-refractivity contribution in [3.63, 3.8) is 0 Å². The number of hydrogen-bond acceptors (Lipinski definition) is 3. The van der Waals surface area contributed by atoms with Gasteiger partial charge in [0.05, 0.1) is 11.0 Å². The lowest BCUT2D eigenvalue weighted by atomic mass is 10.3. The molecular formula is C13H18N4O. The third kappa shape index (κ3) is 2.61. The Labute approximate surface area is 106 Å². The zero-order valence-corrected chi connectivity index (χ0v) is 10.5.